The van der Waals surface area contributed by atoms with Gasteiger partial charge in [0.15, 0.2) is 0 Å². The Morgan fingerprint density at radius 2 is 1.73 bits per heavy atom. The lowest BCUT2D eigenvalue weighted by Crippen LogP contribution is -2.12. The molecule has 0 N–H and O–H groups in total. The van der Waals surface area contributed by atoms with Crippen molar-refractivity contribution in [3.63, 3.8) is 0 Å². The summed E-state index contributed by atoms with van der Waals surface area (Å²) in [5, 5.41) is 0.771. The van der Waals surface area contributed by atoms with Crippen molar-refractivity contribution in [1.82, 2.24) is 9.55 Å². The Kier molecular flexibility index (Phi) is 9.87. The van der Waals surface area contributed by atoms with Crippen LogP contribution >= 0.6 is 11.6 Å². The van der Waals surface area contributed by atoms with Gasteiger partial charge in [0.2, 0.25) is 0 Å². The smallest absolute Gasteiger partial charge is 0.119 e. The van der Waals surface area contributed by atoms with E-state index in [1.54, 1.807) is 0 Å². The van der Waals surface area contributed by atoms with Gasteiger partial charge in [-0.15, -0.1) is 0 Å². The standard InChI is InChI=1S/C29H39ClN2O/c1-5-8-17-32-21-28(26-16-11-22(4)19-27(26)30)31-29(32)24(10-7-3)20-23-12-14-25(15-13-23)33-18-9-6-2/h11-16,19,21,24H,5-10,17-18,20H2,1-4H3. The maximum absolute atomic E-state index is 6.60. The number of hydrogen-bond acceptors (Lipinski definition) is 2. The van der Waals surface area contributed by atoms with Crippen molar-refractivity contribution in [2.24, 2.45) is 0 Å². The molecule has 2 aromatic carbocycles. The van der Waals surface area contributed by atoms with Gasteiger partial charge in [-0.05, 0) is 61.9 Å². The minimum Gasteiger partial charge on any atom is -0.494 e. The van der Waals surface area contributed by atoms with Gasteiger partial charge in [0.1, 0.15) is 11.6 Å². The average Bonchev–Trinajstić information content (AvgIpc) is 3.22. The summed E-state index contributed by atoms with van der Waals surface area (Å²) in [7, 11) is 0. The third kappa shape index (κ3) is 7.11. The van der Waals surface area contributed by atoms with E-state index in [0.717, 1.165) is 80.1 Å². The van der Waals surface area contributed by atoms with Gasteiger partial charge in [-0.1, -0.05) is 75.9 Å². The number of benzene rings is 2. The Morgan fingerprint density at radius 3 is 2.39 bits per heavy atom. The van der Waals surface area contributed by atoms with Crippen LogP contribution in [0.1, 0.15) is 82.2 Å². The fourth-order valence-electron chi connectivity index (χ4n) is 4.23. The molecule has 0 aliphatic heterocycles. The van der Waals surface area contributed by atoms with E-state index in [1.807, 2.05) is 6.07 Å². The molecular formula is C29H39ClN2O. The summed E-state index contributed by atoms with van der Waals surface area (Å²) in [6.07, 6.45) is 9.97. The van der Waals surface area contributed by atoms with Crippen molar-refractivity contribution in [1.29, 1.82) is 0 Å². The molecule has 3 nitrogen and oxygen atoms in total. The predicted octanol–water partition coefficient (Wildman–Crippen LogP) is 8.62. The van der Waals surface area contributed by atoms with Crippen LogP contribution in [0.4, 0.5) is 0 Å². The van der Waals surface area contributed by atoms with Gasteiger partial charge in [0.25, 0.3) is 0 Å². The highest BCUT2D eigenvalue weighted by atomic mass is 35.5. The van der Waals surface area contributed by atoms with Gasteiger partial charge >= 0.3 is 0 Å². The van der Waals surface area contributed by atoms with Crippen molar-refractivity contribution in [3.8, 4) is 17.0 Å². The third-order valence-corrected chi connectivity index (χ3v) is 6.45. The molecule has 1 atom stereocenters. The summed E-state index contributed by atoms with van der Waals surface area (Å²) >= 11 is 6.60. The first-order chi connectivity index (χ1) is 16.0. The molecule has 1 aromatic heterocycles. The number of aromatic nitrogens is 2. The zero-order valence-electron chi connectivity index (χ0n) is 20.7. The predicted molar refractivity (Wildman–Crippen MR) is 141 cm³/mol. The first-order valence-corrected chi connectivity index (χ1v) is 13.0. The Hall–Kier alpha value is -2.26. The van der Waals surface area contributed by atoms with Crippen molar-refractivity contribution in [3.05, 3.63) is 70.6 Å². The SMILES string of the molecule is CCCCOc1ccc(CC(CCC)c2nc(-c3ccc(C)cc3Cl)cn2CCCC)cc1. The highest BCUT2D eigenvalue weighted by molar-refractivity contribution is 6.33. The fraction of sp³-hybridized carbons (Fsp3) is 0.483. The lowest BCUT2D eigenvalue weighted by molar-refractivity contribution is 0.309. The van der Waals surface area contributed by atoms with Crippen LogP contribution in [-0.2, 0) is 13.0 Å². The first-order valence-electron chi connectivity index (χ1n) is 12.6. The first kappa shape index (κ1) is 25.4. The fourth-order valence-corrected chi connectivity index (χ4v) is 4.56. The van der Waals surface area contributed by atoms with Gasteiger partial charge in [-0.3, -0.25) is 0 Å². The van der Waals surface area contributed by atoms with Gasteiger partial charge < -0.3 is 9.30 Å². The molecule has 0 amide bonds. The molecule has 1 unspecified atom stereocenters. The number of aryl methyl sites for hydroxylation is 2. The Bertz CT molecular complexity index is 993. The second-order valence-electron chi connectivity index (χ2n) is 9.05. The normalized spacial score (nSPS) is 12.2. The molecular weight excluding hydrogens is 428 g/mol. The molecule has 1 heterocycles. The van der Waals surface area contributed by atoms with E-state index in [0.29, 0.717) is 5.92 Å². The molecule has 0 saturated carbocycles. The number of ether oxygens (including phenoxy) is 1. The topological polar surface area (TPSA) is 27.1 Å². The Morgan fingerprint density at radius 1 is 0.970 bits per heavy atom. The van der Waals surface area contributed by atoms with Crippen molar-refractivity contribution in [2.75, 3.05) is 6.61 Å². The molecule has 33 heavy (non-hydrogen) atoms. The van der Waals surface area contributed by atoms with E-state index < -0.39 is 0 Å². The monoisotopic (exact) mass is 466 g/mol. The summed E-state index contributed by atoms with van der Waals surface area (Å²) in [5.74, 6) is 2.51. The minimum atomic E-state index is 0.372. The quantitative estimate of drug-likeness (QED) is 0.236. The zero-order chi connectivity index (χ0) is 23.6. The lowest BCUT2D eigenvalue weighted by atomic mass is 9.94. The molecule has 3 rings (SSSR count). The zero-order valence-corrected chi connectivity index (χ0v) is 21.5. The van der Waals surface area contributed by atoms with Crippen LogP contribution < -0.4 is 4.74 Å². The molecule has 0 aliphatic carbocycles. The molecule has 0 aliphatic rings. The molecule has 3 aromatic rings. The molecule has 0 radical (unpaired) electrons. The second-order valence-corrected chi connectivity index (χ2v) is 9.46. The van der Waals surface area contributed by atoms with E-state index >= 15 is 0 Å². The van der Waals surface area contributed by atoms with Crippen LogP contribution in [0, 0.1) is 6.92 Å². The Labute approximate surface area is 205 Å². The summed E-state index contributed by atoms with van der Waals surface area (Å²) in [5.41, 5.74) is 4.49. The minimum absolute atomic E-state index is 0.372. The molecule has 0 bridgehead atoms. The van der Waals surface area contributed by atoms with Crippen molar-refractivity contribution < 1.29 is 4.74 Å². The number of nitrogens with zero attached hydrogens (tertiary/aromatic N) is 2. The summed E-state index contributed by atoms with van der Waals surface area (Å²) in [6.45, 7) is 10.5. The van der Waals surface area contributed by atoms with Gasteiger partial charge in [-0.25, -0.2) is 4.98 Å². The molecule has 0 saturated heterocycles. The third-order valence-electron chi connectivity index (χ3n) is 6.13. The highest BCUT2D eigenvalue weighted by Gasteiger charge is 2.20. The average molecular weight is 467 g/mol. The van der Waals surface area contributed by atoms with Gasteiger partial charge in [-0.2, -0.15) is 0 Å². The maximum Gasteiger partial charge on any atom is 0.119 e. The van der Waals surface area contributed by atoms with E-state index in [1.165, 1.54) is 17.0 Å². The molecule has 178 valence electrons. The van der Waals surface area contributed by atoms with Gasteiger partial charge in [0, 0.05) is 24.2 Å². The highest BCUT2D eigenvalue weighted by Crippen LogP contribution is 2.32. The Balaban J connectivity index is 1.86. The molecule has 0 spiro atoms. The number of hydrogen-bond donors (Lipinski definition) is 0. The van der Waals surface area contributed by atoms with Crippen molar-refractivity contribution in [2.45, 2.75) is 85.1 Å². The van der Waals surface area contributed by atoms with E-state index in [-0.39, 0.29) is 0 Å². The second kappa shape index (κ2) is 12.8. The van der Waals surface area contributed by atoms with Crippen LogP contribution in [0.25, 0.3) is 11.3 Å². The summed E-state index contributed by atoms with van der Waals surface area (Å²) in [6, 6.07) is 14.9. The van der Waals surface area contributed by atoms with Crippen molar-refractivity contribution >= 4 is 11.6 Å². The van der Waals surface area contributed by atoms with Crippen LogP contribution in [-0.4, -0.2) is 16.2 Å². The van der Waals surface area contributed by atoms with Crippen LogP contribution in [0.2, 0.25) is 5.02 Å². The van der Waals surface area contributed by atoms with Crippen LogP contribution in [0.3, 0.4) is 0 Å². The number of imidazole rings is 1. The summed E-state index contributed by atoms with van der Waals surface area (Å²) < 4.78 is 8.22. The largest absolute Gasteiger partial charge is 0.494 e. The van der Waals surface area contributed by atoms with E-state index in [9.17, 15) is 0 Å². The van der Waals surface area contributed by atoms with E-state index in [2.05, 4.69) is 74.9 Å². The number of halogens is 1. The number of rotatable bonds is 13. The van der Waals surface area contributed by atoms with E-state index in [4.69, 9.17) is 21.3 Å². The molecule has 4 heteroatoms. The maximum atomic E-state index is 6.60. The van der Waals surface area contributed by atoms with Crippen LogP contribution in [0.15, 0.2) is 48.7 Å². The number of unbranched alkanes of at least 4 members (excludes halogenated alkanes) is 2. The van der Waals surface area contributed by atoms with Crippen LogP contribution in [0.5, 0.6) is 5.75 Å². The summed E-state index contributed by atoms with van der Waals surface area (Å²) in [4.78, 5) is 5.16. The van der Waals surface area contributed by atoms with Gasteiger partial charge in [0.05, 0.1) is 17.3 Å². The lowest BCUT2D eigenvalue weighted by Gasteiger charge is -2.18. The molecule has 0 fully saturated rings.